The number of rotatable bonds is 3. The predicted octanol–water partition coefficient (Wildman–Crippen LogP) is 2.52. The number of nitro benzene ring substituents is 1. The molecule has 2 aromatic carbocycles. The van der Waals surface area contributed by atoms with Crippen LogP contribution in [0.3, 0.4) is 0 Å². The summed E-state index contributed by atoms with van der Waals surface area (Å²) in [6, 6.07) is 11.6. The average molecular weight is 259 g/mol. The second-order valence-electron chi connectivity index (χ2n) is 3.66. The molecule has 0 aliphatic rings. The van der Waals surface area contributed by atoms with Gasteiger partial charge in [0.2, 0.25) is 0 Å². The van der Waals surface area contributed by atoms with Crippen LogP contribution in [0, 0.1) is 10.1 Å². The molecule has 0 saturated carbocycles. The van der Waals surface area contributed by atoms with E-state index in [0.29, 0.717) is 5.56 Å². The van der Waals surface area contributed by atoms with E-state index >= 15 is 0 Å². The standard InChI is InChI=1S/C13H9NO5/c15-12-8-10(6-7-11(12)14(17)18)19-13(16)9-4-2-1-3-5-9/h1-8,15H. The maximum atomic E-state index is 11.7. The second-order valence-corrected chi connectivity index (χ2v) is 3.66. The molecule has 96 valence electrons. The highest BCUT2D eigenvalue weighted by molar-refractivity contribution is 5.91. The maximum Gasteiger partial charge on any atom is 0.343 e. The third-order valence-corrected chi connectivity index (χ3v) is 2.36. The van der Waals surface area contributed by atoms with Gasteiger partial charge in [-0.1, -0.05) is 18.2 Å². The lowest BCUT2D eigenvalue weighted by molar-refractivity contribution is -0.385. The summed E-state index contributed by atoms with van der Waals surface area (Å²) in [6.07, 6.45) is 0. The molecule has 6 heteroatoms. The minimum absolute atomic E-state index is 0.0388. The molecule has 0 bridgehead atoms. The molecule has 0 amide bonds. The fraction of sp³-hybridized carbons (Fsp3) is 0. The van der Waals surface area contributed by atoms with E-state index in [1.807, 2.05) is 0 Å². The molecule has 2 rings (SSSR count). The zero-order valence-electron chi connectivity index (χ0n) is 9.65. The monoisotopic (exact) mass is 259 g/mol. The molecule has 19 heavy (non-hydrogen) atoms. The van der Waals surface area contributed by atoms with Crippen molar-refractivity contribution >= 4 is 11.7 Å². The Hall–Kier alpha value is -2.89. The first kappa shape index (κ1) is 12.6. The van der Waals surface area contributed by atoms with Crippen LogP contribution in [-0.4, -0.2) is 16.0 Å². The lowest BCUT2D eigenvalue weighted by Crippen LogP contribution is -2.08. The zero-order valence-corrected chi connectivity index (χ0v) is 9.65. The van der Waals surface area contributed by atoms with Crippen LogP contribution in [-0.2, 0) is 0 Å². The summed E-state index contributed by atoms with van der Waals surface area (Å²) in [5, 5.41) is 19.9. The van der Waals surface area contributed by atoms with Crippen molar-refractivity contribution in [3.8, 4) is 11.5 Å². The van der Waals surface area contributed by atoms with Gasteiger partial charge in [-0.25, -0.2) is 4.79 Å². The highest BCUT2D eigenvalue weighted by Gasteiger charge is 2.15. The number of phenols is 1. The van der Waals surface area contributed by atoms with E-state index in [9.17, 15) is 20.0 Å². The Morgan fingerprint density at radius 2 is 1.84 bits per heavy atom. The molecular weight excluding hydrogens is 250 g/mol. The first-order chi connectivity index (χ1) is 9.08. The van der Waals surface area contributed by atoms with Crippen LogP contribution in [0.25, 0.3) is 0 Å². The quantitative estimate of drug-likeness (QED) is 0.396. The third-order valence-electron chi connectivity index (χ3n) is 2.36. The van der Waals surface area contributed by atoms with Gasteiger partial charge in [-0.05, 0) is 18.2 Å². The van der Waals surface area contributed by atoms with Crippen LogP contribution in [0.2, 0.25) is 0 Å². The normalized spacial score (nSPS) is 9.89. The topological polar surface area (TPSA) is 89.7 Å². The first-order valence-electron chi connectivity index (χ1n) is 5.32. The number of nitro groups is 1. The Labute approximate surface area is 108 Å². The Morgan fingerprint density at radius 1 is 1.16 bits per heavy atom. The van der Waals surface area contributed by atoms with Gasteiger partial charge in [0.1, 0.15) is 5.75 Å². The average Bonchev–Trinajstić information content (AvgIpc) is 2.39. The number of esters is 1. The molecular formula is C13H9NO5. The zero-order chi connectivity index (χ0) is 13.8. The summed E-state index contributed by atoms with van der Waals surface area (Å²) in [5.41, 5.74) is -0.0974. The number of hydrogen-bond acceptors (Lipinski definition) is 5. The van der Waals surface area contributed by atoms with E-state index < -0.39 is 22.3 Å². The molecule has 0 aliphatic heterocycles. The lowest BCUT2D eigenvalue weighted by atomic mass is 10.2. The van der Waals surface area contributed by atoms with E-state index in [1.54, 1.807) is 30.3 Å². The smallest absolute Gasteiger partial charge is 0.343 e. The van der Waals surface area contributed by atoms with E-state index in [4.69, 9.17) is 4.74 Å². The highest BCUT2D eigenvalue weighted by Crippen LogP contribution is 2.29. The fourth-order valence-corrected chi connectivity index (χ4v) is 1.46. The number of ether oxygens (including phenoxy) is 1. The van der Waals surface area contributed by atoms with Gasteiger partial charge in [0, 0.05) is 12.1 Å². The minimum Gasteiger partial charge on any atom is -0.502 e. The third kappa shape index (κ3) is 2.86. The van der Waals surface area contributed by atoms with Crippen molar-refractivity contribution < 1.29 is 19.6 Å². The molecule has 0 spiro atoms. The summed E-state index contributed by atoms with van der Waals surface area (Å²) < 4.78 is 4.99. The Bertz CT molecular complexity index is 624. The number of benzene rings is 2. The SMILES string of the molecule is O=C(Oc1ccc([N+](=O)[O-])c(O)c1)c1ccccc1. The summed E-state index contributed by atoms with van der Waals surface area (Å²) >= 11 is 0. The van der Waals surface area contributed by atoms with Crippen LogP contribution in [0.15, 0.2) is 48.5 Å². The van der Waals surface area contributed by atoms with Crippen LogP contribution in [0.5, 0.6) is 11.5 Å². The largest absolute Gasteiger partial charge is 0.502 e. The molecule has 0 radical (unpaired) electrons. The molecule has 6 nitrogen and oxygen atoms in total. The number of phenolic OH excluding ortho intramolecular Hbond substituents is 1. The summed E-state index contributed by atoms with van der Waals surface area (Å²) in [6.45, 7) is 0. The van der Waals surface area contributed by atoms with Gasteiger partial charge in [0.05, 0.1) is 10.5 Å². The van der Waals surface area contributed by atoms with Crippen molar-refractivity contribution in [1.82, 2.24) is 0 Å². The van der Waals surface area contributed by atoms with Crippen LogP contribution >= 0.6 is 0 Å². The number of nitrogens with zero attached hydrogens (tertiary/aromatic N) is 1. The number of aromatic hydroxyl groups is 1. The number of hydrogen-bond donors (Lipinski definition) is 1. The Kier molecular flexibility index (Phi) is 3.42. The van der Waals surface area contributed by atoms with Crippen LogP contribution < -0.4 is 4.74 Å². The van der Waals surface area contributed by atoms with E-state index in [2.05, 4.69) is 0 Å². The van der Waals surface area contributed by atoms with Gasteiger partial charge < -0.3 is 9.84 Å². The number of carbonyl (C=O) groups is 1. The van der Waals surface area contributed by atoms with E-state index in [-0.39, 0.29) is 5.75 Å². The van der Waals surface area contributed by atoms with Gasteiger partial charge in [0.15, 0.2) is 5.75 Å². The van der Waals surface area contributed by atoms with Crippen LogP contribution in [0.1, 0.15) is 10.4 Å². The minimum atomic E-state index is -0.724. The molecule has 0 aliphatic carbocycles. The molecule has 0 fully saturated rings. The molecule has 0 atom stereocenters. The number of carbonyl (C=O) groups excluding carboxylic acids is 1. The van der Waals surface area contributed by atoms with Crippen molar-refractivity contribution in [2.75, 3.05) is 0 Å². The van der Waals surface area contributed by atoms with Gasteiger partial charge in [-0.15, -0.1) is 0 Å². The van der Waals surface area contributed by atoms with E-state index in [0.717, 1.165) is 12.1 Å². The molecule has 0 heterocycles. The highest BCUT2D eigenvalue weighted by atomic mass is 16.6. The van der Waals surface area contributed by atoms with Gasteiger partial charge in [-0.2, -0.15) is 0 Å². The Balaban J connectivity index is 2.19. The predicted molar refractivity (Wildman–Crippen MR) is 66.2 cm³/mol. The summed E-state index contributed by atoms with van der Waals surface area (Å²) in [5.74, 6) is -1.12. The lowest BCUT2D eigenvalue weighted by Gasteiger charge is -2.04. The van der Waals surface area contributed by atoms with Gasteiger partial charge >= 0.3 is 11.7 Å². The van der Waals surface area contributed by atoms with Crippen molar-refractivity contribution in [2.45, 2.75) is 0 Å². The van der Waals surface area contributed by atoms with Gasteiger partial charge in [-0.3, -0.25) is 10.1 Å². The summed E-state index contributed by atoms with van der Waals surface area (Å²) in [4.78, 5) is 21.5. The van der Waals surface area contributed by atoms with Crippen molar-refractivity contribution in [3.05, 3.63) is 64.2 Å². The molecule has 0 unspecified atom stereocenters. The van der Waals surface area contributed by atoms with Crippen molar-refractivity contribution in [3.63, 3.8) is 0 Å². The van der Waals surface area contributed by atoms with Gasteiger partial charge in [0.25, 0.3) is 0 Å². The molecule has 0 aromatic heterocycles. The molecule has 0 saturated heterocycles. The van der Waals surface area contributed by atoms with Crippen molar-refractivity contribution in [2.24, 2.45) is 0 Å². The Morgan fingerprint density at radius 3 is 2.42 bits per heavy atom. The van der Waals surface area contributed by atoms with E-state index in [1.165, 1.54) is 6.07 Å². The molecule has 2 aromatic rings. The molecule has 1 N–H and O–H groups in total. The maximum absolute atomic E-state index is 11.7. The first-order valence-corrected chi connectivity index (χ1v) is 5.32. The van der Waals surface area contributed by atoms with Crippen LogP contribution in [0.4, 0.5) is 5.69 Å². The summed E-state index contributed by atoms with van der Waals surface area (Å²) in [7, 11) is 0. The second kappa shape index (κ2) is 5.18. The van der Waals surface area contributed by atoms with Crippen molar-refractivity contribution in [1.29, 1.82) is 0 Å². The fourth-order valence-electron chi connectivity index (χ4n) is 1.46.